The van der Waals surface area contributed by atoms with Crippen molar-refractivity contribution in [2.45, 2.75) is 90.9 Å². The Balaban J connectivity index is 1.18. The van der Waals surface area contributed by atoms with Gasteiger partial charge in [0.1, 0.15) is 22.3 Å². The fourth-order valence-electron chi connectivity index (χ4n) is 10.4. The standard InChI is InChI=1S/C56H51NO2/c1-53(2,3)32-26-40-39-30-45-41(31-50(39)59-52(40)46(27-32)54(4,5)6)51-43(56(45,9)10)19-15-20-47(51)57(33-23-25-49-38(28-33)37-17-12-14-21-48(37)58-49)34-22-24-36-35-16-11-13-18-42(35)55(7,8)44(36)29-34/h11-31H,1-10H3. The molecule has 0 radical (unpaired) electrons. The van der Waals surface area contributed by atoms with Crippen LogP contribution < -0.4 is 4.90 Å². The fourth-order valence-corrected chi connectivity index (χ4v) is 10.4. The monoisotopic (exact) mass is 769 g/mol. The number of rotatable bonds is 3. The van der Waals surface area contributed by atoms with Gasteiger partial charge in [0.25, 0.3) is 0 Å². The van der Waals surface area contributed by atoms with Gasteiger partial charge in [0.2, 0.25) is 0 Å². The van der Waals surface area contributed by atoms with Crippen molar-refractivity contribution in [3.05, 3.63) is 161 Å². The number of nitrogens with zero attached hydrogens (tertiary/aromatic N) is 1. The zero-order chi connectivity index (χ0) is 41.0. The second-order valence-electron chi connectivity index (χ2n) is 20.2. The summed E-state index contributed by atoms with van der Waals surface area (Å²) in [5, 5.41) is 4.62. The van der Waals surface area contributed by atoms with Gasteiger partial charge in [-0.15, -0.1) is 0 Å². The van der Waals surface area contributed by atoms with Crippen molar-refractivity contribution < 1.29 is 8.83 Å². The van der Waals surface area contributed by atoms with Crippen LogP contribution in [-0.4, -0.2) is 0 Å². The molecule has 2 aliphatic rings. The number of furan rings is 2. The molecule has 0 spiro atoms. The number of anilines is 3. The summed E-state index contributed by atoms with van der Waals surface area (Å²) < 4.78 is 13.4. The van der Waals surface area contributed by atoms with E-state index in [1.165, 1.54) is 66.4 Å². The maximum absolute atomic E-state index is 7.02. The quantitative estimate of drug-likeness (QED) is 0.179. The summed E-state index contributed by atoms with van der Waals surface area (Å²) in [7, 11) is 0. The van der Waals surface area contributed by atoms with Crippen LogP contribution in [0.15, 0.2) is 136 Å². The third kappa shape index (κ3) is 5.06. The van der Waals surface area contributed by atoms with Crippen molar-refractivity contribution in [2.24, 2.45) is 0 Å². The summed E-state index contributed by atoms with van der Waals surface area (Å²) in [5.74, 6) is 0. The molecule has 59 heavy (non-hydrogen) atoms. The van der Waals surface area contributed by atoms with Gasteiger partial charge in [-0.05, 0) is 116 Å². The van der Waals surface area contributed by atoms with Crippen molar-refractivity contribution in [1.82, 2.24) is 0 Å². The summed E-state index contributed by atoms with van der Waals surface area (Å²) in [6, 6.07) is 47.5. The van der Waals surface area contributed by atoms with Gasteiger partial charge >= 0.3 is 0 Å². The van der Waals surface area contributed by atoms with Crippen molar-refractivity contribution in [3.63, 3.8) is 0 Å². The van der Waals surface area contributed by atoms with Crippen LogP contribution in [-0.2, 0) is 21.7 Å². The minimum Gasteiger partial charge on any atom is -0.456 e. The average Bonchev–Trinajstić information content (AvgIpc) is 3.88. The van der Waals surface area contributed by atoms with Crippen LogP contribution in [0.4, 0.5) is 17.1 Å². The Morgan fingerprint density at radius 1 is 0.441 bits per heavy atom. The molecule has 0 saturated carbocycles. The van der Waals surface area contributed by atoms with Crippen LogP contribution in [0.1, 0.15) is 103 Å². The van der Waals surface area contributed by atoms with Crippen LogP contribution in [0.3, 0.4) is 0 Å². The minimum atomic E-state index is -0.245. The lowest BCUT2D eigenvalue weighted by Gasteiger charge is -2.30. The second-order valence-corrected chi connectivity index (χ2v) is 20.2. The highest BCUT2D eigenvalue weighted by Gasteiger charge is 2.40. The van der Waals surface area contributed by atoms with Gasteiger partial charge in [-0.25, -0.2) is 0 Å². The first kappa shape index (κ1) is 36.1. The number of hydrogen-bond donors (Lipinski definition) is 0. The molecule has 0 atom stereocenters. The van der Waals surface area contributed by atoms with E-state index in [-0.39, 0.29) is 21.7 Å². The molecule has 3 nitrogen and oxygen atoms in total. The zero-order valence-corrected chi connectivity index (χ0v) is 35.9. The Kier molecular flexibility index (Phi) is 7.20. The van der Waals surface area contributed by atoms with Gasteiger partial charge in [-0.1, -0.05) is 136 Å². The first-order valence-corrected chi connectivity index (χ1v) is 21.2. The van der Waals surface area contributed by atoms with Crippen LogP contribution >= 0.6 is 0 Å². The molecule has 7 aromatic carbocycles. The van der Waals surface area contributed by atoms with Gasteiger partial charge < -0.3 is 13.7 Å². The van der Waals surface area contributed by atoms with E-state index in [1.54, 1.807) is 0 Å². The molecule has 0 N–H and O–H groups in total. The molecule has 2 heterocycles. The summed E-state index contributed by atoms with van der Waals surface area (Å²) >= 11 is 0. The Morgan fingerprint density at radius 2 is 1.08 bits per heavy atom. The van der Waals surface area contributed by atoms with E-state index in [0.29, 0.717) is 0 Å². The van der Waals surface area contributed by atoms with E-state index < -0.39 is 0 Å². The molecule has 0 bridgehead atoms. The molecule has 0 saturated heterocycles. The molecule has 2 aliphatic carbocycles. The largest absolute Gasteiger partial charge is 0.456 e. The van der Waals surface area contributed by atoms with E-state index in [9.17, 15) is 0 Å². The SMILES string of the molecule is CC(C)(C)c1cc(C(C)(C)C)c2oc3cc4c(cc3c2c1)C(C)(C)c1cccc(N(c2ccc3c(c2)C(C)(C)c2ccccc2-3)c2ccc3oc5ccccc5c3c2)c1-4. The molecule has 0 aliphatic heterocycles. The van der Waals surface area contributed by atoms with E-state index in [1.807, 2.05) is 6.07 Å². The fraction of sp³-hybridized carbons (Fsp3) is 0.250. The van der Waals surface area contributed by atoms with Crippen LogP contribution in [0.2, 0.25) is 0 Å². The van der Waals surface area contributed by atoms with E-state index in [4.69, 9.17) is 8.83 Å². The average molecular weight is 770 g/mol. The molecular formula is C56H51NO2. The normalized spacial score (nSPS) is 15.2. The molecule has 3 heteroatoms. The highest BCUT2D eigenvalue weighted by molar-refractivity contribution is 6.11. The van der Waals surface area contributed by atoms with Crippen LogP contribution in [0, 0.1) is 0 Å². The highest BCUT2D eigenvalue weighted by atomic mass is 16.3. The maximum Gasteiger partial charge on any atom is 0.139 e. The molecule has 9 aromatic rings. The number of para-hydroxylation sites is 1. The first-order chi connectivity index (χ1) is 28.0. The number of fused-ring (bicyclic) bond motifs is 12. The zero-order valence-electron chi connectivity index (χ0n) is 35.9. The van der Waals surface area contributed by atoms with Gasteiger partial charge in [-0.2, -0.15) is 0 Å². The molecule has 2 aromatic heterocycles. The van der Waals surface area contributed by atoms with Crippen molar-refractivity contribution in [2.75, 3.05) is 4.90 Å². The molecular weight excluding hydrogens is 719 g/mol. The number of benzene rings is 7. The minimum absolute atomic E-state index is 0.00367. The lowest BCUT2D eigenvalue weighted by atomic mass is 9.79. The predicted octanol–water partition coefficient (Wildman–Crippen LogP) is 16.2. The third-order valence-electron chi connectivity index (χ3n) is 13.7. The third-order valence-corrected chi connectivity index (χ3v) is 13.7. The predicted molar refractivity (Wildman–Crippen MR) is 248 cm³/mol. The van der Waals surface area contributed by atoms with Crippen molar-refractivity contribution in [1.29, 1.82) is 0 Å². The van der Waals surface area contributed by atoms with Crippen LogP contribution in [0.25, 0.3) is 66.1 Å². The van der Waals surface area contributed by atoms with Crippen molar-refractivity contribution in [3.8, 4) is 22.3 Å². The summed E-state index contributed by atoms with van der Waals surface area (Å²) in [5.41, 5.74) is 19.7. The molecule has 0 unspecified atom stereocenters. The van der Waals surface area contributed by atoms with Crippen molar-refractivity contribution >= 4 is 60.9 Å². The van der Waals surface area contributed by atoms with Gasteiger partial charge in [-0.3, -0.25) is 0 Å². The summed E-state index contributed by atoms with van der Waals surface area (Å²) in [4.78, 5) is 2.49. The lowest BCUT2D eigenvalue weighted by Crippen LogP contribution is -2.17. The Hall–Kier alpha value is -6.06. The summed E-state index contributed by atoms with van der Waals surface area (Å²) in [6.45, 7) is 23.3. The van der Waals surface area contributed by atoms with E-state index in [2.05, 4.69) is 195 Å². The molecule has 0 fully saturated rings. The lowest BCUT2D eigenvalue weighted by molar-refractivity contribution is 0.559. The topological polar surface area (TPSA) is 29.5 Å². The molecule has 11 rings (SSSR count). The second kappa shape index (κ2) is 11.8. The van der Waals surface area contributed by atoms with Gasteiger partial charge in [0.15, 0.2) is 0 Å². The van der Waals surface area contributed by atoms with Crippen LogP contribution in [0.5, 0.6) is 0 Å². The van der Waals surface area contributed by atoms with E-state index in [0.717, 1.165) is 50.2 Å². The molecule has 292 valence electrons. The first-order valence-electron chi connectivity index (χ1n) is 21.2. The summed E-state index contributed by atoms with van der Waals surface area (Å²) in [6.07, 6.45) is 0. The smallest absolute Gasteiger partial charge is 0.139 e. The van der Waals surface area contributed by atoms with Gasteiger partial charge in [0, 0.05) is 54.9 Å². The molecule has 0 amide bonds. The Bertz CT molecular complexity index is 3240. The number of hydrogen-bond acceptors (Lipinski definition) is 3. The van der Waals surface area contributed by atoms with Gasteiger partial charge in [0.05, 0.1) is 5.69 Å². The highest BCUT2D eigenvalue weighted by Crippen LogP contribution is 2.57. The maximum atomic E-state index is 7.02. The van der Waals surface area contributed by atoms with E-state index >= 15 is 0 Å². The Labute approximate surface area is 347 Å². The Morgan fingerprint density at radius 3 is 1.88 bits per heavy atom.